The lowest BCUT2D eigenvalue weighted by Gasteiger charge is -2.31. The van der Waals surface area contributed by atoms with Gasteiger partial charge in [-0.15, -0.1) is 0 Å². The number of rotatable bonds is 6. The Labute approximate surface area is 196 Å². The highest BCUT2D eigenvalue weighted by atomic mass is 35.5. The summed E-state index contributed by atoms with van der Waals surface area (Å²) >= 11 is 6.06. The molecule has 1 fully saturated rings. The summed E-state index contributed by atoms with van der Waals surface area (Å²) in [7, 11) is 0. The Hall–Kier alpha value is -2.95. The highest BCUT2D eigenvalue weighted by Crippen LogP contribution is 2.35. The third kappa shape index (κ3) is 5.57. The molecule has 2 atom stereocenters. The molecule has 6 nitrogen and oxygen atoms in total. The number of fused-ring (bicyclic) bond motifs is 1. The summed E-state index contributed by atoms with van der Waals surface area (Å²) in [6, 6.07) is 6.28. The van der Waals surface area contributed by atoms with Gasteiger partial charge in [-0.1, -0.05) is 11.6 Å². The number of alkyl halides is 5. The van der Waals surface area contributed by atoms with Crippen molar-refractivity contribution >= 4 is 34.1 Å². The number of anilines is 1. The van der Waals surface area contributed by atoms with E-state index in [1.54, 1.807) is 6.07 Å². The zero-order valence-corrected chi connectivity index (χ0v) is 18.5. The first-order valence-electron chi connectivity index (χ1n) is 10.6. The Kier molecular flexibility index (Phi) is 6.92. The first-order valence-corrected chi connectivity index (χ1v) is 11.0. The van der Waals surface area contributed by atoms with Gasteiger partial charge >= 0.3 is 6.18 Å². The maximum absolute atomic E-state index is 13.4. The molecule has 3 aromatic rings. The predicted molar refractivity (Wildman–Crippen MR) is 117 cm³/mol. The van der Waals surface area contributed by atoms with Gasteiger partial charge in [-0.05, 0) is 56.0 Å². The molecule has 34 heavy (non-hydrogen) atoms. The number of halogens is 6. The van der Waals surface area contributed by atoms with Crippen molar-refractivity contribution in [1.82, 2.24) is 20.1 Å². The number of nitrogens with one attached hydrogen (secondary N) is 2. The van der Waals surface area contributed by atoms with Crippen LogP contribution in [0.5, 0.6) is 0 Å². The fourth-order valence-corrected chi connectivity index (χ4v) is 4.37. The third-order valence-corrected chi connectivity index (χ3v) is 5.93. The van der Waals surface area contributed by atoms with Crippen LogP contribution in [0.2, 0.25) is 5.02 Å². The van der Waals surface area contributed by atoms with Crippen molar-refractivity contribution in [2.45, 2.75) is 56.9 Å². The van der Waals surface area contributed by atoms with Crippen LogP contribution in [-0.4, -0.2) is 39.2 Å². The van der Waals surface area contributed by atoms with Crippen molar-refractivity contribution in [1.29, 1.82) is 0 Å². The number of benzene rings is 1. The summed E-state index contributed by atoms with van der Waals surface area (Å²) < 4.78 is 66.5. The Bertz CT molecular complexity index is 1180. The van der Waals surface area contributed by atoms with E-state index in [9.17, 15) is 26.7 Å². The minimum absolute atomic E-state index is 0.0278. The average molecular weight is 502 g/mol. The van der Waals surface area contributed by atoms with Crippen molar-refractivity contribution < 1.29 is 26.7 Å². The van der Waals surface area contributed by atoms with Crippen LogP contribution in [0.25, 0.3) is 10.9 Å². The van der Waals surface area contributed by atoms with Crippen molar-refractivity contribution in [3.63, 3.8) is 0 Å². The largest absolute Gasteiger partial charge is 0.433 e. The second-order valence-electron chi connectivity index (χ2n) is 8.18. The molecule has 0 unspecified atom stereocenters. The lowest BCUT2D eigenvalue weighted by Crippen LogP contribution is -2.42. The fourth-order valence-electron chi connectivity index (χ4n) is 4.20. The number of aromatic nitrogens is 3. The van der Waals surface area contributed by atoms with Crippen molar-refractivity contribution in [3.05, 3.63) is 52.9 Å². The zero-order chi connectivity index (χ0) is 24.5. The molecule has 0 saturated heterocycles. The SMILES string of the molecule is O=C(N[C@@H]1CCC[C@H](Nc2cc(C(F)(F)F)nc3ccc(Cl)cc23)C1)c1ccnn1CC(F)F. The summed E-state index contributed by atoms with van der Waals surface area (Å²) in [6.45, 7) is -0.691. The normalized spacial score (nSPS) is 18.9. The molecule has 0 radical (unpaired) electrons. The average Bonchev–Trinajstić information content (AvgIpc) is 3.21. The minimum Gasteiger partial charge on any atom is -0.382 e. The second kappa shape index (κ2) is 9.73. The maximum Gasteiger partial charge on any atom is 0.433 e. The van der Waals surface area contributed by atoms with Crippen LogP contribution in [0.4, 0.5) is 27.6 Å². The van der Waals surface area contributed by atoms with Crippen LogP contribution in [0.15, 0.2) is 36.5 Å². The molecule has 0 spiro atoms. The first kappa shape index (κ1) is 24.2. The number of carbonyl (C=O) groups excluding carboxylic acids is 1. The first-order chi connectivity index (χ1) is 16.1. The maximum atomic E-state index is 13.4. The molecule has 1 aromatic carbocycles. The van der Waals surface area contributed by atoms with Crippen LogP contribution in [-0.2, 0) is 12.7 Å². The molecule has 1 aliphatic rings. The molecule has 2 N–H and O–H groups in total. The van der Waals surface area contributed by atoms with Gasteiger partial charge in [0.15, 0.2) is 0 Å². The number of nitrogens with zero attached hydrogens (tertiary/aromatic N) is 3. The van der Waals surface area contributed by atoms with Gasteiger partial charge in [0.2, 0.25) is 0 Å². The highest BCUT2D eigenvalue weighted by molar-refractivity contribution is 6.31. The number of hydrogen-bond acceptors (Lipinski definition) is 4. The molecular formula is C22H21ClF5N5O. The van der Waals surface area contributed by atoms with E-state index < -0.39 is 30.7 Å². The van der Waals surface area contributed by atoms with Gasteiger partial charge < -0.3 is 10.6 Å². The van der Waals surface area contributed by atoms with Crippen LogP contribution in [0.3, 0.4) is 0 Å². The van der Waals surface area contributed by atoms with Crippen LogP contribution < -0.4 is 10.6 Å². The number of hydrogen-bond donors (Lipinski definition) is 2. The second-order valence-corrected chi connectivity index (χ2v) is 8.62. The van der Waals surface area contributed by atoms with Gasteiger partial charge in [0, 0.05) is 34.4 Å². The number of pyridine rings is 1. The molecule has 0 bridgehead atoms. The lowest BCUT2D eigenvalue weighted by atomic mass is 9.90. The minimum atomic E-state index is -4.62. The molecule has 12 heteroatoms. The quantitative estimate of drug-likeness (QED) is 0.436. The van der Waals surface area contributed by atoms with Crippen molar-refractivity contribution in [2.24, 2.45) is 0 Å². The van der Waals surface area contributed by atoms with Gasteiger partial charge in [-0.2, -0.15) is 18.3 Å². The monoisotopic (exact) mass is 501 g/mol. The van der Waals surface area contributed by atoms with Gasteiger partial charge in [-0.25, -0.2) is 13.8 Å². The van der Waals surface area contributed by atoms with Gasteiger partial charge in [0.1, 0.15) is 17.9 Å². The van der Waals surface area contributed by atoms with Crippen LogP contribution >= 0.6 is 11.6 Å². The van der Waals surface area contributed by atoms with E-state index in [0.717, 1.165) is 17.2 Å². The molecule has 4 rings (SSSR count). The molecule has 1 aliphatic carbocycles. The molecule has 2 heterocycles. The Morgan fingerprint density at radius 2 is 1.94 bits per heavy atom. The summed E-state index contributed by atoms with van der Waals surface area (Å²) in [5, 5.41) is 10.6. The molecule has 2 aromatic heterocycles. The van der Waals surface area contributed by atoms with E-state index in [1.165, 1.54) is 24.4 Å². The Morgan fingerprint density at radius 1 is 1.18 bits per heavy atom. The summed E-state index contributed by atoms with van der Waals surface area (Å²) in [6.07, 6.45) is -3.49. The predicted octanol–water partition coefficient (Wildman–Crippen LogP) is 5.52. The zero-order valence-electron chi connectivity index (χ0n) is 17.7. The van der Waals surface area contributed by atoms with Gasteiger partial charge in [0.25, 0.3) is 12.3 Å². The number of carbonyl (C=O) groups is 1. The summed E-state index contributed by atoms with van der Waals surface area (Å²) in [5.41, 5.74) is -0.570. The third-order valence-electron chi connectivity index (χ3n) is 5.69. The van der Waals surface area contributed by atoms with E-state index in [4.69, 9.17) is 11.6 Å². The van der Waals surface area contributed by atoms with Crippen molar-refractivity contribution in [2.75, 3.05) is 5.32 Å². The topological polar surface area (TPSA) is 71.8 Å². The molecular weight excluding hydrogens is 481 g/mol. The molecule has 1 amide bonds. The number of amides is 1. The Balaban J connectivity index is 1.51. The summed E-state index contributed by atoms with van der Waals surface area (Å²) in [5.74, 6) is -0.524. The van der Waals surface area contributed by atoms with E-state index in [2.05, 4.69) is 20.7 Å². The van der Waals surface area contributed by atoms with Crippen LogP contribution in [0.1, 0.15) is 41.9 Å². The molecule has 0 aliphatic heterocycles. The van der Waals surface area contributed by atoms with Crippen molar-refractivity contribution in [3.8, 4) is 0 Å². The van der Waals surface area contributed by atoms with Crippen LogP contribution in [0, 0.1) is 0 Å². The smallest absolute Gasteiger partial charge is 0.382 e. The Morgan fingerprint density at radius 3 is 2.68 bits per heavy atom. The van der Waals surface area contributed by atoms with Gasteiger partial charge in [-0.3, -0.25) is 9.48 Å². The summed E-state index contributed by atoms with van der Waals surface area (Å²) in [4.78, 5) is 16.3. The van der Waals surface area contributed by atoms with E-state index >= 15 is 0 Å². The van der Waals surface area contributed by atoms with E-state index in [1.807, 2.05) is 0 Å². The van der Waals surface area contributed by atoms with Gasteiger partial charge in [0.05, 0.1) is 5.52 Å². The standard InChI is InChI=1S/C22H21ClF5N5O/c23-12-4-5-16-15(8-12)17(10-19(32-16)22(26,27)28)30-13-2-1-3-14(9-13)31-21(34)18-6-7-29-33(18)11-20(24)25/h4-8,10,13-14,20H,1-3,9,11H2,(H,30,32)(H,31,34)/t13-,14+/m0/s1. The van der Waals surface area contributed by atoms with E-state index in [0.29, 0.717) is 29.7 Å². The highest BCUT2D eigenvalue weighted by Gasteiger charge is 2.34. The fraction of sp³-hybridized carbons (Fsp3) is 0.409. The molecule has 1 saturated carbocycles. The molecule has 182 valence electrons. The lowest BCUT2D eigenvalue weighted by molar-refractivity contribution is -0.140. The van der Waals surface area contributed by atoms with E-state index in [-0.39, 0.29) is 29.0 Å².